The van der Waals surface area contributed by atoms with Crippen molar-refractivity contribution < 1.29 is 10.2 Å². The minimum absolute atomic E-state index is 0.145. The lowest BCUT2D eigenvalue weighted by atomic mass is 9.56. The highest BCUT2D eigenvalue weighted by molar-refractivity contribution is 6.25. The first-order valence-corrected chi connectivity index (χ1v) is 10.8. The van der Waals surface area contributed by atoms with Gasteiger partial charge in [0.25, 0.3) is 0 Å². The van der Waals surface area contributed by atoms with Crippen LogP contribution in [0.1, 0.15) is 77.6 Å². The van der Waals surface area contributed by atoms with Crippen LogP contribution in [0.25, 0.3) is 0 Å². The van der Waals surface area contributed by atoms with Gasteiger partial charge in [0.15, 0.2) is 0 Å². The Morgan fingerprint density at radius 3 is 2.40 bits per heavy atom. The van der Waals surface area contributed by atoms with E-state index < -0.39 is 10.5 Å². The molecule has 0 heterocycles. The van der Waals surface area contributed by atoms with Gasteiger partial charge < -0.3 is 15.5 Å². The Labute approximate surface area is 158 Å². The Kier molecular flexibility index (Phi) is 5.81. The summed E-state index contributed by atoms with van der Waals surface area (Å²) in [6.07, 6.45) is 11.5. The molecule has 0 aliphatic heterocycles. The van der Waals surface area contributed by atoms with E-state index in [1.54, 1.807) is 0 Å². The minimum Gasteiger partial charge on any atom is -0.393 e. The quantitative estimate of drug-likeness (QED) is 0.562. The van der Waals surface area contributed by atoms with E-state index in [0.29, 0.717) is 23.2 Å². The third-order valence-corrected chi connectivity index (χ3v) is 8.79. The van der Waals surface area contributed by atoms with E-state index in [1.807, 2.05) is 14.1 Å². The Bertz CT molecular complexity index is 475. The van der Waals surface area contributed by atoms with Crippen molar-refractivity contribution in [1.82, 2.24) is 5.32 Å². The lowest BCUT2D eigenvalue weighted by molar-refractivity contribution is -0.128. The summed E-state index contributed by atoms with van der Waals surface area (Å²) < 4.78 is 0. The molecule has 3 nitrogen and oxygen atoms in total. The van der Waals surface area contributed by atoms with Gasteiger partial charge in [0.2, 0.25) is 0 Å². The summed E-state index contributed by atoms with van der Waals surface area (Å²) in [7, 11) is 3.75. The van der Waals surface area contributed by atoms with Crippen LogP contribution in [0.2, 0.25) is 0 Å². The van der Waals surface area contributed by atoms with Crippen molar-refractivity contribution in [2.45, 2.75) is 94.1 Å². The highest BCUT2D eigenvalue weighted by Gasteiger charge is 2.64. The second kappa shape index (κ2) is 7.30. The molecule has 146 valence electrons. The van der Waals surface area contributed by atoms with Gasteiger partial charge in [-0.2, -0.15) is 0 Å². The average molecular weight is 372 g/mol. The van der Waals surface area contributed by atoms with Gasteiger partial charge in [0.05, 0.1) is 16.6 Å². The normalized spacial score (nSPS) is 52.1. The summed E-state index contributed by atoms with van der Waals surface area (Å²) in [6, 6.07) is 0. The van der Waals surface area contributed by atoms with Crippen LogP contribution in [0.4, 0.5) is 0 Å². The Balaban J connectivity index is 0.000000569. The van der Waals surface area contributed by atoms with E-state index >= 15 is 0 Å². The van der Waals surface area contributed by atoms with Crippen molar-refractivity contribution in [3.8, 4) is 0 Å². The maximum absolute atomic E-state index is 11.8. The van der Waals surface area contributed by atoms with Gasteiger partial charge in [-0.25, -0.2) is 0 Å². The number of aliphatic hydroxyl groups is 2. The molecule has 4 heteroatoms. The molecule has 0 aromatic heterocycles. The van der Waals surface area contributed by atoms with E-state index in [-0.39, 0.29) is 6.10 Å². The summed E-state index contributed by atoms with van der Waals surface area (Å²) in [5.41, 5.74) is -0.373. The van der Waals surface area contributed by atoms with Crippen LogP contribution in [0.3, 0.4) is 0 Å². The second-order valence-electron chi connectivity index (χ2n) is 9.72. The molecule has 4 rings (SSSR count). The highest BCUT2D eigenvalue weighted by atomic mass is 35.5. The first-order valence-electron chi connectivity index (χ1n) is 10.5. The van der Waals surface area contributed by atoms with Crippen LogP contribution in [0, 0.1) is 23.2 Å². The van der Waals surface area contributed by atoms with E-state index in [4.69, 9.17) is 11.6 Å². The summed E-state index contributed by atoms with van der Waals surface area (Å²) in [5, 5.41) is 24.6. The molecule has 4 aliphatic carbocycles. The smallest absolute Gasteiger partial charge is 0.0871 e. The zero-order chi connectivity index (χ0) is 18.3. The van der Waals surface area contributed by atoms with E-state index in [0.717, 1.165) is 51.4 Å². The fraction of sp³-hybridized carbons (Fsp3) is 1.00. The van der Waals surface area contributed by atoms with Gasteiger partial charge in [0, 0.05) is 0 Å². The average Bonchev–Trinajstić information content (AvgIpc) is 2.90. The largest absolute Gasteiger partial charge is 0.393 e. The van der Waals surface area contributed by atoms with Crippen molar-refractivity contribution in [2.24, 2.45) is 23.2 Å². The van der Waals surface area contributed by atoms with Gasteiger partial charge >= 0.3 is 0 Å². The molecular weight excluding hydrogens is 334 g/mol. The van der Waals surface area contributed by atoms with Gasteiger partial charge in [-0.1, -0.05) is 13.3 Å². The van der Waals surface area contributed by atoms with Crippen molar-refractivity contribution in [2.75, 3.05) is 14.1 Å². The number of alkyl halides is 1. The molecule has 0 bridgehead atoms. The number of rotatable bonds is 0. The van der Waals surface area contributed by atoms with Crippen molar-refractivity contribution in [3.63, 3.8) is 0 Å². The molecule has 0 amide bonds. The van der Waals surface area contributed by atoms with Crippen molar-refractivity contribution >= 4 is 11.6 Å². The fourth-order valence-corrected chi connectivity index (χ4v) is 7.31. The molecule has 3 N–H and O–H groups in total. The molecular formula is C21H38ClNO2. The minimum atomic E-state index is -0.680. The van der Waals surface area contributed by atoms with Crippen LogP contribution in [0.5, 0.6) is 0 Å². The summed E-state index contributed by atoms with van der Waals surface area (Å²) in [5.74, 6) is 1.57. The van der Waals surface area contributed by atoms with Crippen LogP contribution >= 0.6 is 11.6 Å². The van der Waals surface area contributed by atoms with Crippen molar-refractivity contribution in [1.29, 1.82) is 0 Å². The third-order valence-electron chi connectivity index (χ3n) is 8.12. The zero-order valence-electron chi connectivity index (χ0n) is 16.4. The lowest BCUT2D eigenvalue weighted by Crippen LogP contribution is -2.61. The number of halogens is 1. The van der Waals surface area contributed by atoms with Gasteiger partial charge in [0.1, 0.15) is 0 Å². The first-order chi connectivity index (χ1) is 11.8. The molecule has 0 aromatic carbocycles. The predicted molar refractivity (Wildman–Crippen MR) is 104 cm³/mol. The number of hydrogen-bond donors (Lipinski definition) is 3. The standard InChI is InChI=1S/C19H31ClO2.C2H7N/c1-17-7-2-3-16(17)19(22)8-6-13-4-5-15(21)11-14(13)12-18(19,20)10-9-17;1-3-2/h13-16,21-22H,2-12H2,1H3;3H,1-2H3/t13?,14?,15?,16?,17?,18?,19-;/m0./s1. The molecule has 0 saturated heterocycles. The molecule has 6 unspecified atom stereocenters. The second-order valence-corrected chi connectivity index (χ2v) is 10.4. The molecule has 4 aliphatic rings. The topological polar surface area (TPSA) is 52.5 Å². The molecule has 0 radical (unpaired) electrons. The Morgan fingerprint density at radius 2 is 1.68 bits per heavy atom. The summed E-state index contributed by atoms with van der Waals surface area (Å²) in [4.78, 5) is -0.446. The molecule has 4 fully saturated rings. The molecule has 25 heavy (non-hydrogen) atoms. The van der Waals surface area contributed by atoms with Gasteiger partial charge in [-0.3, -0.25) is 0 Å². The number of fused-ring (bicyclic) bond motifs is 4. The van der Waals surface area contributed by atoms with Crippen LogP contribution in [-0.2, 0) is 0 Å². The first kappa shape index (κ1) is 19.9. The van der Waals surface area contributed by atoms with Gasteiger partial charge in [-0.15, -0.1) is 11.6 Å². The highest BCUT2D eigenvalue weighted by Crippen LogP contribution is 2.65. The van der Waals surface area contributed by atoms with E-state index in [9.17, 15) is 10.2 Å². The van der Waals surface area contributed by atoms with E-state index in [2.05, 4.69) is 12.2 Å². The molecule has 7 atom stereocenters. The van der Waals surface area contributed by atoms with E-state index in [1.165, 1.54) is 19.3 Å². The Morgan fingerprint density at radius 1 is 0.960 bits per heavy atom. The van der Waals surface area contributed by atoms with Crippen LogP contribution in [0.15, 0.2) is 0 Å². The molecule has 0 spiro atoms. The number of nitrogens with one attached hydrogen (secondary N) is 1. The summed E-state index contributed by atoms with van der Waals surface area (Å²) >= 11 is 7.19. The molecule has 4 saturated carbocycles. The Hall–Kier alpha value is 0.170. The maximum Gasteiger partial charge on any atom is 0.0871 e. The van der Waals surface area contributed by atoms with Gasteiger partial charge in [-0.05, 0) is 101 Å². The summed E-state index contributed by atoms with van der Waals surface area (Å²) in [6.45, 7) is 2.39. The number of aliphatic hydroxyl groups excluding tert-OH is 1. The third kappa shape index (κ3) is 3.39. The SMILES string of the molecule is CC12CCCC1[C@@]1(O)CCC3CCC(O)CC3CC1(Cl)CC2.CNC. The zero-order valence-corrected chi connectivity index (χ0v) is 17.1. The molecule has 0 aromatic rings. The predicted octanol–water partition coefficient (Wildman–Crippen LogP) is 4.09. The monoisotopic (exact) mass is 371 g/mol. The maximum atomic E-state index is 11.8. The van der Waals surface area contributed by atoms with Crippen LogP contribution < -0.4 is 5.32 Å². The number of hydrogen-bond acceptors (Lipinski definition) is 3. The van der Waals surface area contributed by atoms with Crippen LogP contribution in [-0.4, -0.2) is 40.9 Å². The lowest BCUT2D eigenvalue weighted by Gasteiger charge is -2.56. The van der Waals surface area contributed by atoms with Crippen molar-refractivity contribution in [3.05, 3.63) is 0 Å². The fourth-order valence-electron chi connectivity index (χ4n) is 6.79.